The van der Waals surface area contributed by atoms with Gasteiger partial charge in [-0.25, -0.2) is 0 Å². The molecular formula is C20H34O3. The zero-order valence-electron chi connectivity index (χ0n) is 15.2. The van der Waals surface area contributed by atoms with E-state index in [0.717, 1.165) is 38.5 Å². The Morgan fingerprint density at radius 1 is 0.652 bits per heavy atom. The van der Waals surface area contributed by atoms with Crippen LogP contribution in [-0.2, 0) is 0 Å². The standard InChI is InChI=1S/C20H34O3/c1-16-9-7-15(21)18(16,3)8-5-14-13(16)6-10-20(23)17(14,2)11-12-19(20,4)22/h13-15,21-23H,5-12H2,1-4H3. The molecule has 0 spiro atoms. The second kappa shape index (κ2) is 4.34. The number of aliphatic hydroxyl groups excluding tert-OH is 1. The van der Waals surface area contributed by atoms with Crippen LogP contribution in [0.3, 0.4) is 0 Å². The zero-order chi connectivity index (χ0) is 16.9. The van der Waals surface area contributed by atoms with Crippen LogP contribution in [0.25, 0.3) is 0 Å². The van der Waals surface area contributed by atoms with Crippen molar-refractivity contribution in [3.63, 3.8) is 0 Å². The summed E-state index contributed by atoms with van der Waals surface area (Å²) >= 11 is 0. The van der Waals surface area contributed by atoms with Gasteiger partial charge in [-0.15, -0.1) is 0 Å². The first-order valence-corrected chi connectivity index (χ1v) is 9.65. The van der Waals surface area contributed by atoms with Crippen LogP contribution in [0, 0.1) is 28.1 Å². The van der Waals surface area contributed by atoms with E-state index >= 15 is 0 Å². The van der Waals surface area contributed by atoms with Gasteiger partial charge in [0.15, 0.2) is 0 Å². The minimum atomic E-state index is -0.955. The van der Waals surface area contributed by atoms with Crippen LogP contribution < -0.4 is 0 Å². The zero-order valence-corrected chi connectivity index (χ0v) is 15.2. The summed E-state index contributed by atoms with van der Waals surface area (Å²) in [5.74, 6) is 1.04. The van der Waals surface area contributed by atoms with E-state index in [2.05, 4.69) is 20.8 Å². The summed E-state index contributed by atoms with van der Waals surface area (Å²) in [6.45, 7) is 8.78. The van der Waals surface area contributed by atoms with Crippen molar-refractivity contribution in [1.82, 2.24) is 0 Å². The highest BCUT2D eigenvalue weighted by molar-refractivity contribution is 5.22. The minimum absolute atomic E-state index is 0.0289. The van der Waals surface area contributed by atoms with Gasteiger partial charge in [0.2, 0.25) is 0 Å². The van der Waals surface area contributed by atoms with Crippen molar-refractivity contribution in [2.24, 2.45) is 28.1 Å². The third-order valence-corrected chi connectivity index (χ3v) is 9.86. The fraction of sp³-hybridized carbons (Fsp3) is 1.00. The van der Waals surface area contributed by atoms with E-state index in [-0.39, 0.29) is 22.3 Å². The Morgan fingerprint density at radius 2 is 1.22 bits per heavy atom. The number of fused-ring (bicyclic) bond motifs is 5. The summed E-state index contributed by atoms with van der Waals surface area (Å²) in [4.78, 5) is 0. The maximum Gasteiger partial charge on any atom is 0.0986 e. The fourth-order valence-corrected chi connectivity index (χ4v) is 7.81. The molecular weight excluding hydrogens is 288 g/mol. The lowest BCUT2D eigenvalue weighted by Gasteiger charge is -2.64. The predicted octanol–water partition coefficient (Wildman–Crippen LogP) is 3.26. The lowest BCUT2D eigenvalue weighted by atomic mass is 9.42. The first-order chi connectivity index (χ1) is 10.5. The van der Waals surface area contributed by atoms with Gasteiger partial charge in [-0.2, -0.15) is 0 Å². The minimum Gasteiger partial charge on any atom is -0.393 e. The Bertz CT molecular complexity index is 531. The van der Waals surface area contributed by atoms with Crippen LogP contribution in [0.4, 0.5) is 0 Å². The number of hydrogen-bond donors (Lipinski definition) is 3. The van der Waals surface area contributed by atoms with Crippen molar-refractivity contribution < 1.29 is 15.3 Å². The first kappa shape index (κ1) is 16.4. The highest BCUT2D eigenvalue weighted by atomic mass is 16.4. The molecule has 4 fully saturated rings. The topological polar surface area (TPSA) is 60.7 Å². The monoisotopic (exact) mass is 322 g/mol. The fourth-order valence-electron chi connectivity index (χ4n) is 7.81. The van der Waals surface area contributed by atoms with Gasteiger partial charge in [0.05, 0.1) is 17.3 Å². The number of rotatable bonds is 0. The highest BCUT2D eigenvalue weighted by Crippen LogP contribution is 2.73. The third kappa shape index (κ3) is 1.58. The number of aliphatic hydroxyl groups is 3. The Labute approximate surface area is 140 Å². The molecule has 0 amide bonds. The van der Waals surface area contributed by atoms with Crippen LogP contribution in [0.5, 0.6) is 0 Å². The van der Waals surface area contributed by atoms with Crippen LogP contribution in [-0.4, -0.2) is 32.6 Å². The van der Waals surface area contributed by atoms with Crippen molar-refractivity contribution in [1.29, 1.82) is 0 Å². The molecule has 3 nitrogen and oxygen atoms in total. The van der Waals surface area contributed by atoms with E-state index in [1.165, 1.54) is 0 Å². The summed E-state index contributed by atoms with van der Waals surface area (Å²) in [6, 6.07) is 0. The summed E-state index contributed by atoms with van der Waals surface area (Å²) in [7, 11) is 0. The Hall–Kier alpha value is -0.120. The molecule has 132 valence electrons. The normalized spacial score (nSPS) is 65.1. The molecule has 0 saturated heterocycles. The third-order valence-electron chi connectivity index (χ3n) is 9.86. The molecule has 4 aliphatic rings. The van der Waals surface area contributed by atoms with Crippen LogP contribution in [0.1, 0.15) is 79.1 Å². The molecule has 0 aromatic rings. The molecule has 4 rings (SSSR count). The van der Waals surface area contributed by atoms with Crippen molar-refractivity contribution in [3.05, 3.63) is 0 Å². The largest absolute Gasteiger partial charge is 0.393 e. The quantitative estimate of drug-likeness (QED) is 0.641. The summed E-state index contributed by atoms with van der Waals surface area (Å²) in [6.07, 6.45) is 7.33. The molecule has 8 unspecified atom stereocenters. The smallest absolute Gasteiger partial charge is 0.0986 e. The van der Waals surface area contributed by atoms with Crippen LogP contribution >= 0.6 is 0 Å². The molecule has 0 aliphatic heterocycles. The van der Waals surface area contributed by atoms with Crippen molar-refractivity contribution in [3.8, 4) is 0 Å². The summed E-state index contributed by atoms with van der Waals surface area (Å²) < 4.78 is 0. The molecule has 0 aromatic heterocycles. The number of hydrogen-bond acceptors (Lipinski definition) is 3. The van der Waals surface area contributed by atoms with Gasteiger partial charge >= 0.3 is 0 Å². The molecule has 3 N–H and O–H groups in total. The Balaban J connectivity index is 1.76. The molecule has 0 heterocycles. The van der Waals surface area contributed by atoms with E-state index in [9.17, 15) is 15.3 Å². The molecule has 0 radical (unpaired) electrons. The molecule has 4 saturated carbocycles. The lowest BCUT2D eigenvalue weighted by Crippen LogP contribution is -2.65. The van der Waals surface area contributed by atoms with Gasteiger partial charge < -0.3 is 15.3 Å². The van der Waals surface area contributed by atoms with Gasteiger partial charge in [-0.1, -0.05) is 20.8 Å². The molecule has 23 heavy (non-hydrogen) atoms. The van der Waals surface area contributed by atoms with Gasteiger partial charge in [-0.3, -0.25) is 0 Å². The molecule has 8 atom stereocenters. The average Bonchev–Trinajstić information content (AvgIpc) is 2.83. The van der Waals surface area contributed by atoms with Gasteiger partial charge in [-0.05, 0) is 81.0 Å². The predicted molar refractivity (Wildman–Crippen MR) is 89.8 cm³/mol. The van der Waals surface area contributed by atoms with E-state index in [0.29, 0.717) is 24.7 Å². The van der Waals surface area contributed by atoms with E-state index in [4.69, 9.17) is 0 Å². The second-order valence-corrected chi connectivity index (χ2v) is 10.2. The van der Waals surface area contributed by atoms with E-state index in [1.54, 1.807) is 0 Å². The average molecular weight is 322 g/mol. The lowest BCUT2D eigenvalue weighted by molar-refractivity contribution is -0.241. The van der Waals surface area contributed by atoms with Crippen molar-refractivity contribution >= 4 is 0 Å². The molecule has 3 heteroatoms. The molecule has 0 aromatic carbocycles. The highest BCUT2D eigenvalue weighted by Gasteiger charge is 2.72. The summed E-state index contributed by atoms with van der Waals surface area (Å²) in [5, 5.41) is 33.0. The maximum atomic E-state index is 11.5. The molecule has 0 bridgehead atoms. The maximum absolute atomic E-state index is 11.5. The Morgan fingerprint density at radius 3 is 1.91 bits per heavy atom. The summed E-state index contributed by atoms with van der Waals surface area (Å²) in [5.41, 5.74) is -1.88. The van der Waals surface area contributed by atoms with Gasteiger partial charge in [0, 0.05) is 5.41 Å². The van der Waals surface area contributed by atoms with Crippen molar-refractivity contribution in [2.75, 3.05) is 0 Å². The Kier molecular flexibility index (Phi) is 3.09. The van der Waals surface area contributed by atoms with Crippen LogP contribution in [0.15, 0.2) is 0 Å². The van der Waals surface area contributed by atoms with E-state index < -0.39 is 11.2 Å². The van der Waals surface area contributed by atoms with Gasteiger partial charge in [0.1, 0.15) is 0 Å². The van der Waals surface area contributed by atoms with Crippen molar-refractivity contribution in [2.45, 2.75) is 96.4 Å². The van der Waals surface area contributed by atoms with E-state index in [1.807, 2.05) is 6.92 Å². The molecule has 4 aliphatic carbocycles. The SMILES string of the molecule is CC1(O)CCC2(C)C3CCC4(C)C(O)CCC4(C)C3CCC12O. The van der Waals surface area contributed by atoms with Gasteiger partial charge in [0.25, 0.3) is 0 Å². The van der Waals surface area contributed by atoms with Crippen LogP contribution in [0.2, 0.25) is 0 Å². The first-order valence-electron chi connectivity index (χ1n) is 9.65. The second-order valence-electron chi connectivity index (χ2n) is 10.2.